The normalized spacial score (nSPS) is 19.9. The number of fused-ring (bicyclic) bond motifs is 1. The highest BCUT2D eigenvalue weighted by Gasteiger charge is 2.42. The number of carboxylic acid groups (broad SMARTS) is 1. The van der Waals surface area contributed by atoms with Gasteiger partial charge in [-0.1, -0.05) is 19.9 Å². The number of nitrogens with one attached hydrogen (secondary N) is 1. The Bertz CT molecular complexity index is 735. The molecule has 1 amide bonds. The van der Waals surface area contributed by atoms with E-state index in [2.05, 4.69) is 10.3 Å². The monoisotopic (exact) mass is 370 g/mol. The fourth-order valence-electron chi connectivity index (χ4n) is 2.76. The van der Waals surface area contributed by atoms with Crippen LogP contribution in [-0.4, -0.2) is 59.6 Å². The molecule has 2 aliphatic rings. The van der Waals surface area contributed by atoms with Crippen molar-refractivity contribution in [3.63, 3.8) is 0 Å². The Kier molecular flexibility index (Phi) is 5.96. The van der Waals surface area contributed by atoms with Crippen molar-refractivity contribution >= 4 is 28.3 Å². The van der Waals surface area contributed by atoms with E-state index < -0.39 is 22.5 Å². The topological polar surface area (TPSA) is 119 Å². The third-order valence-electron chi connectivity index (χ3n) is 3.82. The van der Waals surface area contributed by atoms with Gasteiger partial charge in [0.25, 0.3) is 0 Å². The molecule has 9 nitrogen and oxygen atoms in total. The van der Waals surface area contributed by atoms with Crippen LogP contribution in [0.3, 0.4) is 0 Å². The van der Waals surface area contributed by atoms with Crippen LogP contribution in [0.25, 0.3) is 0 Å². The van der Waals surface area contributed by atoms with Gasteiger partial charge < -0.3 is 10.4 Å². The first-order valence-electron chi connectivity index (χ1n) is 8.08. The Morgan fingerprint density at radius 2 is 2.08 bits per heavy atom. The van der Waals surface area contributed by atoms with Crippen molar-refractivity contribution < 1.29 is 23.1 Å². The molecule has 0 saturated heterocycles. The van der Waals surface area contributed by atoms with Crippen LogP contribution >= 0.6 is 0 Å². The van der Waals surface area contributed by atoms with Gasteiger partial charge in [-0.15, -0.1) is 0 Å². The van der Waals surface area contributed by atoms with E-state index in [1.54, 1.807) is 0 Å². The Morgan fingerprint density at radius 3 is 2.60 bits per heavy atom. The van der Waals surface area contributed by atoms with Crippen LogP contribution in [0.4, 0.5) is 0 Å². The van der Waals surface area contributed by atoms with E-state index >= 15 is 0 Å². The van der Waals surface area contributed by atoms with E-state index in [4.69, 9.17) is 5.11 Å². The fourth-order valence-corrected chi connectivity index (χ4v) is 4.61. The van der Waals surface area contributed by atoms with Crippen molar-refractivity contribution in [2.24, 2.45) is 4.99 Å². The van der Waals surface area contributed by atoms with Crippen molar-refractivity contribution in [1.29, 1.82) is 0 Å². The number of allylic oxidation sites excluding steroid dienone is 2. The molecule has 0 aromatic rings. The van der Waals surface area contributed by atoms with Gasteiger partial charge >= 0.3 is 16.2 Å². The van der Waals surface area contributed by atoms with Crippen LogP contribution in [-0.2, 0) is 19.8 Å². The smallest absolute Gasteiger partial charge is 0.331 e. The molecule has 2 N–H and O–H groups in total. The third kappa shape index (κ3) is 3.74. The quantitative estimate of drug-likeness (QED) is 0.571. The molecule has 0 bridgehead atoms. The Labute approximate surface area is 146 Å². The molecule has 0 saturated carbocycles. The van der Waals surface area contributed by atoms with Crippen molar-refractivity contribution in [3.05, 3.63) is 23.4 Å². The number of aliphatic imine (C=N–C) groups is 1. The maximum atomic E-state index is 13.1. The van der Waals surface area contributed by atoms with Crippen LogP contribution in [0.15, 0.2) is 28.4 Å². The number of carbonyl (C=O) groups excluding carboxylic acids is 1. The van der Waals surface area contributed by atoms with Gasteiger partial charge in [0.15, 0.2) is 0 Å². The summed E-state index contributed by atoms with van der Waals surface area (Å²) in [6.45, 7) is 4.46. The highest BCUT2D eigenvalue weighted by molar-refractivity contribution is 7.87. The van der Waals surface area contributed by atoms with E-state index in [9.17, 15) is 18.0 Å². The second-order valence-electron chi connectivity index (χ2n) is 5.64. The molecule has 2 rings (SSSR count). The zero-order valence-corrected chi connectivity index (χ0v) is 15.0. The van der Waals surface area contributed by atoms with Gasteiger partial charge in [0.1, 0.15) is 0 Å². The van der Waals surface area contributed by atoms with E-state index in [0.717, 1.165) is 4.31 Å². The Morgan fingerprint density at radius 1 is 1.44 bits per heavy atom. The third-order valence-corrected chi connectivity index (χ3v) is 5.73. The maximum absolute atomic E-state index is 13.1. The second-order valence-corrected chi connectivity index (χ2v) is 7.45. The van der Waals surface area contributed by atoms with Gasteiger partial charge in [-0.05, 0) is 25.3 Å². The van der Waals surface area contributed by atoms with E-state index in [0.29, 0.717) is 38.0 Å². The lowest BCUT2D eigenvalue weighted by Crippen LogP contribution is -2.50. The summed E-state index contributed by atoms with van der Waals surface area (Å²) in [6.07, 6.45) is 3.50. The lowest BCUT2D eigenvalue weighted by Gasteiger charge is -2.32. The number of carboxylic acids is 1. The molecule has 0 aromatic carbocycles. The SMILES string of the molecule is CCCN(CCC)S(=O)(=O)N1C2=CCC(C(=O)O)=CC2=NC1NC=O. The number of nitrogens with zero attached hydrogens (tertiary/aromatic N) is 3. The van der Waals surface area contributed by atoms with Crippen molar-refractivity contribution in [2.45, 2.75) is 39.4 Å². The summed E-state index contributed by atoms with van der Waals surface area (Å²) >= 11 is 0. The molecule has 1 aliphatic carbocycles. The fraction of sp³-hybridized carbons (Fsp3) is 0.533. The number of aliphatic carboxylic acids is 1. The van der Waals surface area contributed by atoms with Crippen LogP contribution < -0.4 is 5.32 Å². The summed E-state index contributed by atoms with van der Waals surface area (Å²) in [5.41, 5.74) is 0.645. The van der Waals surface area contributed by atoms with Gasteiger partial charge in [-0.2, -0.15) is 12.7 Å². The van der Waals surface area contributed by atoms with Crippen molar-refractivity contribution in [2.75, 3.05) is 13.1 Å². The van der Waals surface area contributed by atoms with Gasteiger partial charge in [0, 0.05) is 18.7 Å². The summed E-state index contributed by atoms with van der Waals surface area (Å²) in [7, 11) is -3.92. The molecule has 138 valence electrons. The van der Waals surface area contributed by atoms with Gasteiger partial charge in [-0.3, -0.25) is 4.79 Å². The van der Waals surface area contributed by atoms with Gasteiger partial charge in [0.2, 0.25) is 12.7 Å². The highest BCUT2D eigenvalue weighted by atomic mass is 32.2. The Balaban J connectivity index is 2.43. The molecule has 1 atom stereocenters. The standard InChI is InChI=1S/C15H22N4O5S/c1-3-7-18(8-4-2)25(23,24)19-13-6-5-11(14(21)22)9-12(13)17-15(19)16-10-20/h6,9-10,15H,3-5,7-8H2,1-2H3,(H,16,20)(H,21,22). The Hall–Kier alpha value is -2.20. The van der Waals surface area contributed by atoms with Gasteiger partial charge in [0.05, 0.1) is 11.4 Å². The first-order valence-corrected chi connectivity index (χ1v) is 9.47. The minimum atomic E-state index is -3.92. The molecule has 0 radical (unpaired) electrons. The van der Waals surface area contributed by atoms with E-state index in [-0.39, 0.29) is 17.7 Å². The average molecular weight is 370 g/mol. The average Bonchev–Trinajstić information content (AvgIpc) is 2.92. The molecule has 1 aliphatic heterocycles. The lowest BCUT2D eigenvalue weighted by molar-refractivity contribution is -0.132. The zero-order chi connectivity index (χ0) is 18.6. The molecule has 10 heteroatoms. The van der Waals surface area contributed by atoms with Crippen LogP contribution in [0.1, 0.15) is 33.1 Å². The number of rotatable bonds is 9. The molecule has 1 heterocycles. The first kappa shape index (κ1) is 19.1. The predicted molar refractivity (Wildman–Crippen MR) is 91.8 cm³/mol. The van der Waals surface area contributed by atoms with Crippen molar-refractivity contribution in [1.82, 2.24) is 13.9 Å². The lowest BCUT2D eigenvalue weighted by atomic mass is 10.0. The molecular formula is C15H22N4O5S. The molecule has 0 aromatic heterocycles. The molecule has 1 unspecified atom stereocenters. The largest absolute Gasteiger partial charge is 0.478 e. The first-order chi connectivity index (χ1) is 11.9. The molecule has 0 spiro atoms. The van der Waals surface area contributed by atoms with Crippen LogP contribution in [0.5, 0.6) is 0 Å². The number of hydrogen-bond acceptors (Lipinski definition) is 5. The number of hydrogen-bond donors (Lipinski definition) is 2. The summed E-state index contributed by atoms with van der Waals surface area (Å²) in [5, 5.41) is 11.5. The number of carbonyl (C=O) groups is 2. The van der Waals surface area contributed by atoms with Crippen LogP contribution in [0.2, 0.25) is 0 Å². The van der Waals surface area contributed by atoms with Crippen LogP contribution in [0, 0.1) is 0 Å². The molecule has 25 heavy (non-hydrogen) atoms. The summed E-state index contributed by atoms with van der Waals surface area (Å²) < 4.78 is 28.6. The summed E-state index contributed by atoms with van der Waals surface area (Å²) in [6, 6.07) is 0. The zero-order valence-electron chi connectivity index (χ0n) is 14.2. The van der Waals surface area contributed by atoms with E-state index in [1.165, 1.54) is 16.5 Å². The minimum absolute atomic E-state index is 0.0884. The van der Waals surface area contributed by atoms with E-state index in [1.807, 2.05) is 13.8 Å². The number of amides is 1. The van der Waals surface area contributed by atoms with Crippen molar-refractivity contribution in [3.8, 4) is 0 Å². The minimum Gasteiger partial charge on any atom is -0.478 e. The predicted octanol–water partition coefficient (Wildman–Crippen LogP) is 0.438. The second kappa shape index (κ2) is 7.79. The summed E-state index contributed by atoms with van der Waals surface area (Å²) in [5.74, 6) is -1.09. The highest BCUT2D eigenvalue weighted by Crippen LogP contribution is 2.30. The maximum Gasteiger partial charge on any atom is 0.331 e. The molecule has 0 fully saturated rings. The van der Waals surface area contributed by atoms with Gasteiger partial charge in [-0.25, -0.2) is 14.1 Å². The molecular weight excluding hydrogens is 348 g/mol. The summed E-state index contributed by atoms with van der Waals surface area (Å²) in [4.78, 5) is 26.2.